The largest absolute Gasteiger partial charge is 0.487 e. The lowest BCUT2D eigenvalue weighted by Gasteiger charge is -2.14. The van der Waals surface area contributed by atoms with E-state index in [1.807, 2.05) is 24.3 Å². The van der Waals surface area contributed by atoms with Crippen LogP contribution in [0.25, 0.3) is 0 Å². The Bertz CT molecular complexity index is 1090. The van der Waals surface area contributed by atoms with E-state index >= 15 is 0 Å². The highest BCUT2D eigenvalue weighted by Gasteiger charge is 2.13. The molecule has 6 nitrogen and oxygen atoms in total. The van der Waals surface area contributed by atoms with E-state index in [0.29, 0.717) is 22.0 Å². The van der Waals surface area contributed by atoms with Gasteiger partial charge in [0.1, 0.15) is 12.4 Å². The van der Waals surface area contributed by atoms with Crippen molar-refractivity contribution in [3.05, 3.63) is 93.1 Å². The molecule has 31 heavy (non-hydrogen) atoms. The molecule has 1 aliphatic rings. The summed E-state index contributed by atoms with van der Waals surface area (Å²) in [4.78, 5) is 31.6. The van der Waals surface area contributed by atoms with E-state index in [1.165, 1.54) is 29.0 Å². The summed E-state index contributed by atoms with van der Waals surface area (Å²) in [5, 5.41) is 0.553. The van der Waals surface area contributed by atoms with Crippen LogP contribution < -0.4 is 10.3 Å². The molecular weight excluding hydrogens is 414 g/mol. The second-order valence-electron chi connectivity index (χ2n) is 7.69. The topological polar surface area (TPSA) is 64.4 Å². The number of aromatic nitrogens is 2. The van der Waals surface area contributed by atoms with Crippen LogP contribution in [0.2, 0.25) is 5.02 Å². The number of carbonyl (C=O) groups excluding carboxylic acids is 1. The Morgan fingerprint density at radius 1 is 1.06 bits per heavy atom. The van der Waals surface area contributed by atoms with E-state index in [-0.39, 0.29) is 24.5 Å². The van der Waals surface area contributed by atoms with Crippen molar-refractivity contribution in [3.63, 3.8) is 0 Å². The minimum atomic E-state index is -0.291. The highest BCUT2D eigenvalue weighted by Crippen LogP contribution is 2.14. The molecule has 0 saturated carbocycles. The number of benzene rings is 1. The van der Waals surface area contributed by atoms with E-state index in [4.69, 9.17) is 16.3 Å². The summed E-state index contributed by atoms with van der Waals surface area (Å²) in [6, 6.07) is 14.2. The molecule has 1 fully saturated rings. The van der Waals surface area contributed by atoms with Gasteiger partial charge in [-0.15, -0.1) is 0 Å². The smallest absolute Gasteiger partial charge is 0.254 e. The maximum absolute atomic E-state index is 12.6. The number of likely N-dealkylation sites (tertiary alicyclic amines) is 1. The highest BCUT2D eigenvalue weighted by molar-refractivity contribution is 6.30. The normalized spacial score (nSPS) is 14.0. The first kappa shape index (κ1) is 21.3. The number of hydrogen-bond donors (Lipinski definition) is 0. The van der Waals surface area contributed by atoms with Crippen LogP contribution in [0.1, 0.15) is 34.5 Å². The molecule has 160 valence electrons. The van der Waals surface area contributed by atoms with Crippen molar-refractivity contribution in [1.29, 1.82) is 0 Å². The number of Topliss-reactive ketones (excluding diaryl/α,β-unsaturated/α-hetero) is 1. The molecule has 0 bridgehead atoms. The Morgan fingerprint density at radius 2 is 1.84 bits per heavy atom. The van der Waals surface area contributed by atoms with Gasteiger partial charge < -0.3 is 9.30 Å². The third-order valence-corrected chi connectivity index (χ3v) is 5.56. The molecule has 7 heteroatoms. The molecule has 4 rings (SSSR count). The summed E-state index contributed by atoms with van der Waals surface area (Å²) in [6.07, 6.45) is 5.63. The van der Waals surface area contributed by atoms with Crippen LogP contribution in [0, 0.1) is 0 Å². The van der Waals surface area contributed by atoms with E-state index in [9.17, 15) is 9.59 Å². The Balaban J connectivity index is 1.34. The van der Waals surface area contributed by atoms with Crippen LogP contribution in [0.5, 0.6) is 5.75 Å². The molecule has 0 aliphatic carbocycles. The predicted octanol–water partition coefficient (Wildman–Crippen LogP) is 3.95. The van der Waals surface area contributed by atoms with Crippen molar-refractivity contribution in [1.82, 2.24) is 14.5 Å². The fraction of sp³-hybridized carbons (Fsp3) is 0.292. The number of nitrogens with zero attached hydrogens (tertiary/aromatic N) is 3. The first-order valence-corrected chi connectivity index (χ1v) is 10.7. The van der Waals surface area contributed by atoms with E-state index < -0.39 is 0 Å². The molecule has 0 radical (unpaired) electrons. The molecule has 3 heterocycles. The molecule has 0 N–H and O–H groups in total. The second kappa shape index (κ2) is 9.90. The molecule has 2 aromatic heterocycles. The van der Waals surface area contributed by atoms with Crippen molar-refractivity contribution >= 4 is 17.4 Å². The van der Waals surface area contributed by atoms with Crippen molar-refractivity contribution in [2.45, 2.75) is 32.5 Å². The van der Waals surface area contributed by atoms with Gasteiger partial charge in [-0.25, -0.2) is 0 Å². The lowest BCUT2D eigenvalue weighted by molar-refractivity contribution is 0.0970. The van der Waals surface area contributed by atoms with Crippen LogP contribution >= 0.6 is 11.6 Å². The van der Waals surface area contributed by atoms with E-state index in [2.05, 4.69) is 9.88 Å². The first-order chi connectivity index (χ1) is 15.1. The minimum Gasteiger partial charge on any atom is -0.487 e. The fourth-order valence-electron chi connectivity index (χ4n) is 3.60. The average Bonchev–Trinajstić information content (AvgIpc) is 3.28. The number of ether oxygens (including phenoxy) is 1. The van der Waals surface area contributed by atoms with Crippen molar-refractivity contribution in [2.24, 2.45) is 0 Å². The van der Waals surface area contributed by atoms with Gasteiger partial charge in [0, 0.05) is 30.6 Å². The summed E-state index contributed by atoms with van der Waals surface area (Å²) in [5.41, 5.74) is 2.22. The van der Waals surface area contributed by atoms with Gasteiger partial charge in [0.05, 0.1) is 17.3 Å². The Kier molecular flexibility index (Phi) is 6.79. The van der Waals surface area contributed by atoms with Gasteiger partial charge in [-0.3, -0.25) is 19.5 Å². The van der Waals surface area contributed by atoms with Crippen LogP contribution in [0.15, 0.2) is 65.7 Å². The average molecular weight is 438 g/mol. The fourth-order valence-corrected chi connectivity index (χ4v) is 3.71. The minimum absolute atomic E-state index is 0.0106. The zero-order valence-corrected chi connectivity index (χ0v) is 17.9. The SMILES string of the molecule is O=C(Cn1ccc(OCc2ccc(Cl)cn2)cc1=O)c1ccc(CN2CCCC2)cc1. The Labute approximate surface area is 186 Å². The van der Waals surface area contributed by atoms with Gasteiger partial charge in [0.2, 0.25) is 0 Å². The molecule has 0 unspecified atom stereocenters. The number of hydrogen-bond acceptors (Lipinski definition) is 5. The summed E-state index contributed by atoms with van der Waals surface area (Å²) >= 11 is 5.82. The zero-order chi connectivity index (χ0) is 21.6. The molecule has 0 spiro atoms. The number of ketones is 1. The van der Waals surface area contributed by atoms with Crippen LogP contribution in [-0.2, 0) is 19.7 Å². The molecule has 3 aromatic rings. The van der Waals surface area contributed by atoms with Crippen molar-refractivity contribution in [3.8, 4) is 5.75 Å². The molecule has 1 aromatic carbocycles. The van der Waals surface area contributed by atoms with Gasteiger partial charge in [0.25, 0.3) is 5.56 Å². The summed E-state index contributed by atoms with van der Waals surface area (Å²) < 4.78 is 7.00. The molecule has 1 aliphatic heterocycles. The summed E-state index contributed by atoms with van der Waals surface area (Å²) in [6.45, 7) is 3.41. The number of halogens is 1. The highest BCUT2D eigenvalue weighted by atomic mass is 35.5. The predicted molar refractivity (Wildman–Crippen MR) is 120 cm³/mol. The lowest BCUT2D eigenvalue weighted by atomic mass is 10.1. The number of pyridine rings is 2. The van der Waals surface area contributed by atoms with Gasteiger partial charge in [-0.05, 0) is 49.7 Å². The quantitative estimate of drug-likeness (QED) is 0.499. The van der Waals surface area contributed by atoms with Gasteiger partial charge in [0.15, 0.2) is 5.78 Å². The summed E-state index contributed by atoms with van der Waals surface area (Å²) in [7, 11) is 0. The van der Waals surface area contributed by atoms with Crippen LogP contribution in [0.3, 0.4) is 0 Å². The van der Waals surface area contributed by atoms with Crippen molar-refractivity contribution in [2.75, 3.05) is 13.1 Å². The Hall–Kier alpha value is -2.96. The van der Waals surface area contributed by atoms with E-state index in [1.54, 1.807) is 30.6 Å². The van der Waals surface area contributed by atoms with Gasteiger partial charge in [-0.2, -0.15) is 0 Å². The van der Waals surface area contributed by atoms with Crippen LogP contribution in [-0.4, -0.2) is 33.3 Å². The molecule has 0 atom stereocenters. The molecule has 1 saturated heterocycles. The first-order valence-electron chi connectivity index (χ1n) is 10.3. The van der Waals surface area contributed by atoms with Gasteiger partial charge in [-0.1, -0.05) is 35.9 Å². The zero-order valence-electron chi connectivity index (χ0n) is 17.2. The number of rotatable bonds is 8. The Morgan fingerprint density at radius 3 is 2.52 bits per heavy atom. The number of carbonyl (C=O) groups is 1. The lowest BCUT2D eigenvalue weighted by Crippen LogP contribution is -2.23. The maximum Gasteiger partial charge on any atom is 0.254 e. The second-order valence-corrected chi connectivity index (χ2v) is 8.12. The van der Waals surface area contributed by atoms with E-state index in [0.717, 1.165) is 19.6 Å². The third-order valence-electron chi connectivity index (χ3n) is 5.34. The third kappa shape index (κ3) is 5.81. The summed E-state index contributed by atoms with van der Waals surface area (Å²) in [5.74, 6) is 0.325. The monoisotopic (exact) mass is 437 g/mol. The maximum atomic E-state index is 12.6. The molecule has 0 amide bonds. The standard InChI is InChI=1S/C24H24ClN3O3/c25-20-7-8-21(26-14-20)17-31-22-9-12-28(24(30)13-22)16-23(29)19-5-3-18(4-6-19)15-27-10-1-2-11-27/h3-9,12-14H,1-2,10-11,15-17H2. The van der Waals surface area contributed by atoms with Gasteiger partial charge >= 0.3 is 0 Å². The van der Waals surface area contributed by atoms with Crippen LogP contribution in [0.4, 0.5) is 0 Å². The van der Waals surface area contributed by atoms with Crippen molar-refractivity contribution < 1.29 is 9.53 Å². The molecular formula is C24H24ClN3O3.